The highest BCUT2D eigenvalue weighted by atomic mass is 16.2. The van der Waals surface area contributed by atoms with Gasteiger partial charge in [-0.15, -0.1) is 0 Å². The first kappa shape index (κ1) is 10.6. The number of nitrogens with zero attached hydrogens (tertiary/aromatic N) is 2. The van der Waals surface area contributed by atoms with Crippen molar-refractivity contribution in [1.82, 2.24) is 4.98 Å². The summed E-state index contributed by atoms with van der Waals surface area (Å²) in [5.74, 6) is 0.302. The molecule has 0 saturated heterocycles. The van der Waals surface area contributed by atoms with Gasteiger partial charge in [0.15, 0.2) is 0 Å². The lowest BCUT2D eigenvalue weighted by atomic mass is 10.1. The topological polar surface area (TPSA) is 65.8 Å². The molecule has 0 spiro atoms. The number of rotatable bonds is 2. The number of carbonyl (C=O) groups is 1. The predicted molar refractivity (Wildman–Crippen MR) is 59.6 cm³/mol. The fraction of sp³-hybridized carbons (Fsp3) is 0.417. The minimum absolute atomic E-state index is 0.229. The standard InChI is InChI=1S/C12H13N3O/c1-8-5-9(2)14-10(6-8)15-11(16)12(7-13)3-4-12/h5-6H,3-4H2,1-2H3,(H,14,15,16). The van der Waals surface area contributed by atoms with Gasteiger partial charge in [0, 0.05) is 5.69 Å². The number of nitrogens with one attached hydrogen (secondary N) is 1. The average Bonchev–Trinajstić information content (AvgIpc) is 2.96. The molecule has 1 N–H and O–H groups in total. The summed E-state index contributed by atoms with van der Waals surface area (Å²) < 4.78 is 0. The second kappa shape index (κ2) is 3.60. The lowest BCUT2D eigenvalue weighted by molar-refractivity contribution is -0.119. The Kier molecular flexibility index (Phi) is 2.39. The second-order valence-corrected chi connectivity index (χ2v) is 4.32. The van der Waals surface area contributed by atoms with Crippen LogP contribution in [0.15, 0.2) is 12.1 Å². The maximum absolute atomic E-state index is 11.8. The number of aryl methyl sites for hydroxylation is 2. The van der Waals surface area contributed by atoms with Crippen molar-refractivity contribution in [3.8, 4) is 6.07 Å². The van der Waals surface area contributed by atoms with E-state index in [4.69, 9.17) is 5.26 Å². The first-order valence-corrected chi connectivity index (χ1v) is 5.24. The predicted octanol–water partition coefficient (Wildman–Crippen LogP) is 1.94. The van der Waals surface area contributed by atoms with E-state index in [1.807, 2.05) is 19.9 Å². The molecule has 0 bridgehead atoms. The zero-order valence-corrected chi connectivity index (χ0v) is 9.37. The molecule has 1 aromatic heterocycles. The van der Waals surface area contributed by atoms with Gasteiger partial charge in [0.25, 0.3) is 0 Å². The molecular weight excluding hydrogens is 202 g/mol. The Morgan fingerprint density at radius 2 is 2.19 bits per heavy atom. The van der Waals surface area contributed by atoms with Crippen LogP contribution in [0.2, 0.25) is 0 Å². The van der Waals surface area contributed by atoms with Gasteiger partial charge in [0.05, 0.1) is 6.07 Å². The number of carbonyl (C=O) groups excluding carboxylic acids is 1. The number of pyridine rings is 1. The number of hydrogen-bond donors (Lipinski definition) is 1. The highest BCUT2D eigenvalue weighted by Crippen LogP contribution is 2.45. The molecule has 1 saturated carbocycles. The van der Waals surface area contributed by atoms with Crippen LogP contribution < -0.4 is 5.32 Å². The SMILES string of the molecule is Cc1cc(C)nc(NC(=O)C2(C#N)CC2)c1. The van der Waals surface area contributed by atoms with Gasteiger partial charge in [-0.3, -0.25) is 4.79 Å². The van der Waals surface area contributed by atoms with Gasteiger partial charge in [-0.25, -0.2) is 4.98 Å². The van der Waals surface area contributed by atoms with E-state index in [2.05, 4.69) is 16.4 Å². The molecular formula is C12H13N3O. The van der Waals surface area contributed by atoms with Crippen molar-refractivity contribution in [1.29, 1.82) is 5.26 Å². The molecule has 1 aliphatic rings. The summed E-state index contributed by atoms with van der Waals surface area (Å²) in [5, 5.41) is 11.6. The highest BCUT2D eigenvalue weighted by Gasteiger charge is 2.50. The molecule has 0 unspecified atom stereocenters. The third-order valence-electron chi connectivity index (χ3n) is 2.74. The van der Waals surface area contributed by atoms with Crippen molar-refractivity contribution in [3.05, 3.63) is 23.4 Å². The first-order chi connectivity index (χ1) is 7.55. The molecule has 4 heteroatoms. The van der Waals surface area contributed by atoms with Gasteiger partial charge >= 0.3 is 0 Å². The molecule has 1 heterocycles. The van der Waals surface area contributed by atoms with Crippen molar-refractivity contribution in [2.45, 2.75) is 26.7 Å². The second-order valence-electron chi connectivity index (χ2n) is 4.32. The zero-order valence-electron chi connectivity index (χ0n) is 9.37. The maximum Gasteiger partial charge on any atom is 0.246 e. The van der Waals surface area contributed by atoms with Crippen molar-refractivity contribution >= 4 is 11.7 Å². The average molecular weight is 215 g/mol. The quantitative estimate of drug-likeness (QED) is 0.819. The van der Waals surface area contributed by atoms with Gasteiger partial charge in [-0.1, -0.05) is 0 Å². The molecule has 1 fully saturated rings. The molecule has 1 aromatic rings. The lowest BCUT2D eigenvalue weighted by Gasteiger charge is -2.08. The van der Waals surface area contributed by atoms with E-state index in [0.29, 0.717) is 18.7 Å². The summed E-state index contributed by atoms with van der Waals surface area (Å²) in [4.78, 5) is 16.0. The van der Waals surface area contributed by atoms with Crippen molar-refractivity contribution in [2.75, 3.05) is 5.32 Å². The summed E-state index contributed by atoms with van der Waals surface area (Å²) in [6, 6.07) is 5.80. The molecule has 0 aliphatic heterocycles. The monoisotopic (exact) mass is 215 g/mol. The number of amides is 1. The van der Waals surface area contributed by atoms with E-state index in [9.17, 15) is 4.79 Å². The third kappa shape index (κ3) is 1.89. The van der Waals surface area contributed by atoms with Crippen LogP contribution in [-0.4, -0.2) is 10.9 Å². The molecule has 1 amide bonds. The molecule has 82 valence electrons. The highest BCUT2D eigenvalue weighted by molar-refractivity contribution is 5.98. The van der Waals surface area contributed by atoms with E-state index in [1.165, 1.54) is 0 Å². The van der Waals surface area contributed by atoms with E-state index in [0.717, 1.165) is 11.3 Å². The van der Waals surface area contributed by atoms with Gasteiger partial charge < -0.3 is 5.32 Å². The molecule has 16 heavy (non-hydrogen) atoms. The van der Waals surface area contributed by atoms with Gasteiger partial charge in [-0.2, -0.15) is 5.26 Å². The van der Waals surface area contributed by atoms with E-state index in [-0.39, 0.29) is 5.91 Å². The smallest absolute Gasteiger partial charge is 0.246 e. The van der Waals surface area contributed by atoms with Crippen LogP contribution in [0.4, 0.5) is 5.82 Å². The number of anilines is 1. The number of aromatic nitrogens is 1. The van der Waals surface area contributed by atoms with Gasteiger partial charge in [0.1, 0.15) is 11.2 Å². The number of nitriles is 1. The van der Waals surface area contributed by atoms with E-state index in [1.54, 1.807) is 6.07 Å². The van der Waals surface area contributed by atoms with Crippen LogP contribution in [0.1, 0.15) is 24.1 Å². The summed E-state index contributed by atoms with van der Waals surface area (Å²) in [5.41, 5.74) is 1.11. The Bertz CT molecular complexity index is 463. The zero-order chi connectivity index (χ0) is 11.8. The van der Waals surface area contributed by atoms with Crippen LogP contribution in [0.3, 0.4) is 0 Å². The van der Waals surface area contributed by atoms with E-state index < -0.39 is 5.41 Å². The van der Waals surface area contributed by atoms with Crippen LogP contribution in [-0.2, 0) is 4.79 Å². The largest absolute Gasteiger partial charge is 0.309 e. The van der Waals surface area contributed by atoms with Crippen LogP contribution >= 0.6 is 0 Å². The Morgan fingerprint density at radius 1 is 1.50 bits per heavy atom. The Balaban J connectivity index is 2.16. The minimum Gasteiger partial charge on any atom is -0.309 e. The molecule has 0 atom stereocenters. The molecule has 1 aliphatic carbocycles. The molecule has 0 radical (unpaired) electrons. The Morgan fingerprint density at radius 3 is 2.69 bits per heavy atom. The fourth-order valence-corrected chi connectivity index (χ4v) is 1.66. The molecule has 0 aromatic carbocycles. The van der Waals surface area contributed by atoms with Crippen molar-refractivity contribution in [2.24, 2.45) is 5.41 Å². The number of hydrogen-bond acceptors (Lipinski definition) is 3. The first-order valence-electron chi connectivity index (χ1n) is 5.24. The summed E-state index contributed by atoms with van der Waals surface area (Å²) in [7, 11) is 0. The van der Waals surface area contributed by atoms with Crippen LogP contribution in [0.5, 0.6) is 0 Å². The Hall–Kier alpha value is -1.89. The fourth-order valence-electron chi connectivity index (χ4n) is 1.66. The van der Waals surface area contributed by atoms with Gasteiger partial charge in [0.2, 0.25) is 5.91 Å². The summed E-state index contributed by atoms with van der Waals surface area (Å²) >= 11 is 0. The van der Waals surface area contributed by atoms with Crippen molar-refractivity contribution < 1.29 is 4.79 Å². The minimum atomic E-state index is -0.792. The van der Waals surface area contributed by atoms with E-state index >= 15 is 0 Å². The Labute approximate surface area is 94.3 Å². The molecule has 2 rings (SSSR count). The summed E-state index contributed by atoms with van der Waals surface area (Å²) in [6.45, 7) is 3.82. The van der Waals surface area contributed by atoms with Gasteiger partial charge in [-0.05, 0) is 44.4 Å². The lowest BCUT2D eigenvalue weighted by Crippen LogP contribution is -2.23. The third-order valence-corrected chi connectivity index (χ3v) is 2.74. The van der Waals surface area contributed by atoms with Crippen LogP contribution in [0, 0.1) is 30.6 Å². The van der Waals surface area contributed by atoms with Crippen molar-refractivity contribution in [3.63, 3.8) is 0 Å². The molecule has 4 nitrogen and oxygen atoms in total. The van der Waals surface area contributed by atoms with Crippen LogP contribution in [0.25, 0.3) is 0 Å². The maximum atomic E-state index is 11.8. The summed E-state index contributed by atoms with van der Waals surface area (Å²) in [6.07, 6.45) is 1.31. The normalized spacial score (nSPS) is 16.3.